The van der Waals surface area contributed by atoms with E-state index in [0.29, 0.717) is 0 Å². The lowest BCUT2D eigenvalue weighted by Crippen LogP contribution is -2.37. The summed E-state index contributed by atoms with van der Waals surface area (Å²) in [6.07, 6.45) is 3.34. The first-order valence-corrected chi connectivity index (χ1v) is 4.72. The van der Waals surface area contributed by atoms with Gasteiger partial charge in [-0.3, -0.25) is 4.68 Å². The van der Waals surface area contributed by atoms with Crippen molar-refractivity contribution in [1.82, 2.24) is 9.78 Å². The largest absolute Gasteiger partial charge is 0.268 e. The number of alkyl halides is 2. The van der Waals surface area contributed by atoms with E-state index >= 15 is 0 Å². The molecule has 0 saturated heterocycles. The van der Waals surface area contributed by atoms with Crippen molar-refractivity contribution in [1.29, 1.82) is 0 Å². The minimum atomic E-state index is -2.46. The summed E-state index contributed by atoms with van der Waals surface area (Å²) in [6.45, 7) is 0. The van der Waals surface area contributed by atoms with Crippen LogP contribution < -0.4 is 0 Å². The van der Waals surface area contributed by atoms with Gasteiger partial charge in [-0.1, -0.05) is 0 Å². The Balaban J connectivity index is 2.06. The lowest BCUT2D eigenvalue weighted by Gasteiger charge is -2.34. The van der Waals surface area contributed by atoms with E-state index in [1.165, 1.54) is 0 Å². The van der Waals surface area contributed by atoms with Crippen LogP contribution in [0.5, 0.6) is 0 Å². The summed E-state index contributed by atoms with van der Waals surface area (Å²) < 4.78 is 27.5. The molecule has 0 aliphatic heterocycles. The second-order valence-corrected chi connectivity index (χ2v) is 4.30. The molecule has 12 heavy (non-hydrogen) atoms. The summed E-state index contributed by atoms with van der Waals surface area (Å²) in [4.78, 5) is 0. The van der Waals surface area contributed by atoms with Gasteiger partial charge in [0, 0.05) is 19.0 Å². The molecule has 0 aromatic carbocycles. The summed E-state index contributed by atoms with van der Waals surface area (Å²) in [7, 11) is 0. The zero-order valence-corrected chi connectivity index (χ0v) is 8.33. The van der Waals surface area contributed by atoms with Gasteiger partial charge >= 0.3 is 0 Å². The average Bonchev–Trinajstić information content (AvgIpc) is 2.30. The van der Waals surface area contributed by atoms with Crippen molar-refractivity contribution in [2.75, 3.05) is 0 Å². The Morgan fingerprint density at radius 1 is 1.58 bits per heavy atom. The monoisotopic (exact) mass is 284 g/mol. The van der Waals surface area contributed by atoms with Crippen LogP contribution in [-0.4, -0.2) is 15.7 Å². The van der Waals surface area contributed by atoms with E-state index in [9.17, 15) is 8.78 Å². The van der Waals surface area contributed by atoms with Gasteiger partial charge in [-0.05, 0) is 22.6 Å². The second-order valence-electron chi connectivity index (χ2n) is 3.06. The van der Waals surface area contributed by atoms with Crippen LogP contribution in [0, 0.1) is 3.57 Å². The third-order valence-electron chi connectivity index (χ3n) is 2.01. The van der Waals surface area contributed by atoms with E-state index in [1.807, 2.05) is 0 Å². The maximum absolute atomic E-state index is 12.4. The Morgan fingerprint density at radius 2 is 2.25 bits per heavy atom. The van der Waals surface area contributed by atoms with Gasteiger partial charge in [0.05, 0.1) is 15.8 Å². The highest BCUT2D eigenvalue weighted by atomic mass is 127. The van der Waals surface area contributed by atoms with Crippen LogP contribution in [0.4, 0.5) is 8.78 Å². The zero-order valence-electron chi connectivity index (χ0n) is 6.17. The fourth-order valence-electron chi connectivity index (χ4n) is 1.33. The quantitative estimate of drug-likeness (QED) is 0.724. The van der Waals surface area contributed by atoms with Gasteiger partial charge in [-0.15, -0.1) is 0 Å². The Morgan fingerprint density at radius 3 is 2.67 bits per heavy atom. The molecule has 1 saturated carbocycles. The fraction of sp³-hybridized carbons (Fsp3) is 0.571. The van der Waals surface area contributed by atoms with E-state index in [0.717, 1.165) is 3.57 Å². The summed E-state index contributed by atoms with van der Waals surface area (Å²) in [5, 5.41) is 3.98. The maximum Gasteiger partial charge on any atom is 0.252 e. The Bertz CT molecular complexity index is 289. The zero-order chi connectivity index (χ0) is 8.77. The predicted molar refractivity (Wildman–Crippen MR) is 48.2 cm³/mol. The smallest absolute Gasteiger partial charge is 0.252 e. The molecule has 1 aliphatic rings. The van der Waals surface area contributed by atoms with E-state index in [2.05, 4.69) is 27.7 Å². The lowest BCUT2D eigenvalue weighted by atomic mass is 9.88. The van der Waals surface area contributed by atoms with Gasteiger partial charge in [0.2, 0.25) is 0 Å². The molecule has 0 spiro atoms. The first kappa shape index (κ1) is 8.40. The molecule has 0 unspecified atom stereocenters. The molecule has 0 N–H and O–H groups in total. The van der Waals surface area contributed by atoms with Crippen LogP contribution in [0.25, 0.3) is 0 Å². The summed E-state index contributed by atoms with van der Waals surface area (Å²) >= 11 is 2.11. The molecule has 0 atom stereocenters. The molecule has 2 nitrogen and oxygen atoms in total. The van der Waals surface area contributed by atoms with Crippen molar-refractivity contribution in [2.45, 2.75) is 24.8 Å². The van der Waals surface area contributed by atoms with Crippen LogP contribution in [0.3, 0.4) is 0 Å². The van der Waals surface area contributed by atoms with Crippen LogP contribution in [0.2, 0.25) is 0 Å². The normalized spacial score (nSPS) is 22.2. The predicted octanol–water partition coefficient (Wildman–Crippen LogP) is 2.46. The minimum Gasteiger partial charge on any atom is -0.268 e. The van der Waals surface area contributed by atoms with Gasteiger partial charge in [-0.2, -0.15) is 5.10 Å². The third kappa shape index (κ3) is 1.46. The van der Waals surface area contributed by atoms with Crippen molar-refractivity contribution >= 4 is 22.6 Å². The van der Waals surface area contributed by atoms with E-state index in [1.54, 1.807) is 17.1 Å². The molecule has 1 aliphatic carbocycles. The van der Waals surface area contributed by atoms with Crippen LogP contribution >= 0.6 is 22.6 Å². The fourth-order valence-corrected chi connectivity index (χ4v) is 1.74. The molecular weight excluding hydrogens is 277 g/mol. The average molecular weight is 284 g/mol. The van der Waals surface area contributed by atoms with Crippen molar-refractivity contribution in [2.24, 2.45) is 0 Å². The van der Waals surface area contributed by atoms with Gasteiger partial charge in [-0.25, -0.2) is 8.78 Å². The highest BCUT2D eigenvalue weighted by Crippen LogP contribution is 2.44. The number of hydrogen-bond acceptors (Lipinski definition) is 1. The van der Waals surface area contributed by atoms with E-state index in [-0.39, 0.29) is 18.9 Å². The van der Waals surface area contributed by atoms with Gasteiger partial charge in [0.25, 0.3) is 5.92 Å². The molecule has 0 bridgehead atoms. The van der Waals surface area contributed by atoms with E-state index in [4.69, 9.17) is 0 Å². The second kappa shape index (κ2) is 2.65. The van der Waals surface area contributed by atoms with Crippen molar-refractivity contribution in [3.63, 3.8) is 0 Å². The van der Waals surface area contributed by atoms with Crippen LogP contribution in [0.15, 0.2) is 12.4 Å². The van der Waals surface area contributed by atoms with Crippen molar-refractivity contribution in [3.8, 4) is 0 Å². The summed E-state index contributed by atoms with van der Waals surface area (Å²) in [6, 6.07) is -0.0940. The summed E-state index contributed by atoms with van der Waals surface area (Å²) in [5.74, 6) is -2.46. The molecule has 66 valence electrons. The lowest BCUT2D eigenvalue weighted by molar-refractivity contribution is -0.106. The topological polar surface area (TPSA) is 17.8 Å². The third-order valence-corrected chi connectivity index (χ3v) is 2.57. The Labute approximate surface area is 82.1 Å². The SMILES string of the molecule is FC1(F)CC(n2cc(I)cn2)C1. The highest BCUT2D eigenvalue weighted by molar-refractivity contribution is 14.1. The van der Waals surface area contributed by atoms with Crippen molar-refractivity contribution < 1.29 is 8.78 Å². The first-order chi connectivity index (χ1) is 5.57. The minimum absolute atomic E-state index is 0.0647. The van der Waals surface area contributed by atoms with Gasteiger partial charge < -0.3 is 0 Å². The van der Waals surface area contributed by atoms with Gasteiger partial charge in [0.15, 0.2) is 0 Å². The Kier molecular flexibility index (Phi) is 1.85. The van der Waals surface area contributed by atoms with Crippen LogP contribution in [0.1, 0.15) is 18.9 Å². The maximum atomic E-state index is 12.4. The molecule has 5 heteroatoms. The standard InChI is InChI=1S/C7H7F2IN2/c8-7(9)1-6(2-7)12-4-5(10)3-11-12/h3-4,6H,1-2H2. The first-order valence-electron chi connectivity index (χ1n) is 3.64. The molecule has 0 amide bonds. The van der Waals surface area contributed by atoms with Gasteiger partial charge in [0.1, 0.15) is 0 Å². The van der Waals surface area contributed by atoms with E-state index < -0.39 is 5.92 Å². The molecule has 1 aromatic rings. The number of halogens is 3. The number of hydrogen-bond donors (Lipinski definition) is 0. The molecule has 1 heterocycles. The number of aromatic nitrogens is 2. The molecule has 2 rings (SSSR count). The molecule has 0 radical (unpaired) electrons. The molecular formula is C7H7F2IN2. The summed E-state index contributed by atoms with van der Waals surface area (Å²) in [5.41, 5.74) is 0. The van der Waals surface area contributed by atoms with Crippen molar-refractivity contribution in [3.05, 3.63) is 16.0 Å². The van der Waals surface area contributed by atoms with Crippen LogP contribution in [-0.2, 0) is 0 Å². The highest BCUT2D eigenvalue weighted by Gasteiger charge is 2.46. The molecule has 1 fully saturated rings. The number of nitrogens with zero attached hydrogens (tertiary/aromatic N) is 2. The Hall–Kier alpha value is -0.200. The number of rotatable bonds is 1. The molecule has 1 aromatic heterocycles.